The first-order valence-corrected chi connectivity index (χ1v) is 6.57. The molecule has 0 aliphatic heterocycles. The Hall–Kier alpha value is -2.02. The van der Waals surface area contributed by atoms with Crippen LogP contribution in [0.4, 0.5) is 0 Å². The van der Waals surface area contributed by atoms with E-state index in [1.54, 1.807) is 37.3 Å². The normalized spacial score (nSPS) is 11.7. The van der Waals surface area contributed by atoms with E-state index in [4.69, 9.17) is 21.6 Å². The zero-order chi connectivity index (χ0) is 14.5. The maximum Gasteiger partial charge on any atom is 0.138 e. The van der Waals surface area contributed by atoms with Gasteiger partial charge in [-0.3, -0.25) is 0 Å². The number of hydrogen-bond donors (Lipinski definition) is 1. The van der Waals surface area contributed by atoms with Gasteiger partial charge in [-0.2, -0.15) is 5.26 Å². The average Bonchev–Trinajstić information content (AvgIpc) is 2.46. The van der Waals surface area contributed by atoms with Gasteiger partial charge in [-0.25, -0.2) is 0 Å². The molecule has 2 aromatic rings. The summed E-state index contributed by atoms with van der Waals surface area (Å²) in [4.78, 5) is 0. The summed E-state index contributed by atoms with van der Waals surface area (Å²) in [6, 6.07) is 14.5. The standard InChI is InChI=1S/C16H14ClNO2/c1-11(19)14-5-6-16(15(17)8-14)20-10-13-4-2-3-12(7-13)9-18/h2-8,11,19H,10H2,1H3. The fraction of sp³-hybridized carbons (Fsp3) is 0.188. The summed E-state index contributed by atoms with van der Waals surface area (Å²) in [5.74, 6) is 0.554. The van der Waals surface area contributed by atoms with Crippen LogP contribution in [-0.4, -0.2) is 5.11 Å². The third-order valence-electron chi connectivity index (χ3n) is 2.89. The summed E-state index contributed by atoms with van der Waals surface area (Å²) in [6.07, 6.45) is -0.561. The number of rotatable bonds is 4. The van der Waals surface area contributed by atoms with Crippen LogP contribution in [0.25, 0.3) is 0 Å². The van der Waals surface area contributed by atoms with Gasteiger partial charge in [0.1, 0.15) is 12.4 Å². The minimum atomic E-state index is -0.561. The highest BCUT2D eigenvalue weighted by Gasteiger charge is 2.07. The lowest BCUT2D eigenvalue weighted by Gasteiger charge is -2.11. The van der Waals surface area contributed by atoms with Gasteiger partial charge < -0.3 is 9.84 Å². The van der Waals surface area contributed by atoms with E-state index >= 15 is 0 Å². The highest BCUT2D eigenvalue weighted by molar-refractivity contribution is 6.32. The average molecular weight is 288 g/mol. The second-order valence-electron chi connectivity index (χ2n) is 4.47. The number of ether oxygens (including phenoxy) is 1. The summed E-state index contributed by atoms with van der Waals surface area (Å²) in [6.45, 7) is 2.02. The molecule has 3 nitrogen and oxygen atoms in total. The predicted octanol–water partition coefficient (Wildman–Crippen LogP) is 3.84. The quantitative estimate of drug-likeness (QED) is 0.929. The van der Waals surface area contributed by atoms with Crippen LogP contribution >= 0.6 is 11.6 Å². The molecule has 102 valence electrons. The summed E-state index contributed by atoms with van der Waals surface area (Å²) >= 11 is 6.11. The van der Waals surface area contributed by atoms with Gasteiger partial charge in [-0.05, 0) is 42.3 Å². The zero-order valence-corrected chi connectivity index (χ0v) is 11.8. The van der Waals surface area contributed by atoms with Crippen molar-refractivity contribution in [1.29, 1.82) is 5.26 Å². The molecule has 1 unspecified atom stereocenters. The van der Waals surface area contributed by atoms with Crippen molar-refractivity contribution in [2.24, 2.45) is 0 Å². The number of hydrogen-bond acceptors (Lipinski definition) is 3. The van der Waals surface area contributed by atoms with Crippen molar-refractivity contribution in [1.82, 2.24) is 0 Å². The highest BCUT2D eigenvalue weighted by atomic mass is 35.5. The maximum atomic E-state index is 9.47. The third kappa shape index (κ3) is 3.51. The molecule has 0 bridgehead atoms. The molecule has 0 heterocycles. The van der Waals surface area contributed by atoms with Crippen LogP contribution in [0.3, 0.4) is 0 Å². The molecule has 0 amide bonds. The van der Waals surface area contributed by atoms with Crippen molar-refractivity contribution in [2.45, 2.75) is 19.6 Å². The van der Waals surface area contributed by atoms with Crippen molar-refractivity contribution in [3.63, 3.8) is 0 Å². The SMILES string of the molecule is CC(O)c1ccc(OCc2cccc(C#N)c2)c(Cl)c1. The number of halogens is 1. The number of aliphatic hydroxyl groups is 1. The van der Waals surface area contributed by atoms with Gasteiger partial charge in [0, 0.05) is 0 Å². The van der Waals surface area contributed by atoms with Crippen LogP contribution < -0.4 is 4.74 Å². The van der Waals surface area contributed by atoms with Gasteiger partial charge in [-0.1, -0.05) is 29.8 Å². The van der Waals surface area contributed by atoms with Crippen LogP contribution in [0.1, 0.15) is 29.7 Å². The first-order valence-electron chi connectivity index (χ1n) is 6.19. The number of benzene rings is 2. The lowest BCUT2D eigenvalue weighted by molar-refractivity contribution is 0.199. The van der Waals surface area contributed by atoms with E-state index in [1.165, 1.54) is 0 Å². The van der Waals surface area contributed by atoms with Crippen LogP contribution in [0, 0.1) is 11.3 Å². The van der Waals surface area contributed by atoms with Gasteiger partial charge in [-0.15, -0.1) is 0 Å². The zero-order valence-electron chi connectivity index (χ0n) is 11.0. The Bertz CT molecular complexity index is 647. The molecule has 0 radical (unpaired) electrons. The number of aliphatic hydroxyl groups excluding tert-OH is 1. The fourth-order valence-corrected chi connectivity index (χ4v) is 2.03. The van der Waals surface area contributed by atoms with Crippen molar-refractivity contribution >= 4 is 11.6 Å². The molecular formula is C16H14ClNO2. The van der Waals surface area contributed by atoms with Crippen LogP contribution in [0.5, 0.6) is 5.75 Å². The molecular weight excluding hydrogens is 274 g/mol. The minimum absolute atomic E-state index is 0.337. The van der Waals surface area contributed by atoms with Gasteiger partial charge in [0.05, 0.1) is 22.8 Å². The van der Waals surface area contributed by atoms with E-state index in [0.29, 0.717) is 22.9 Å². The van der Waals surface area contributed by atoms with Crippen LogP contribution in [0.15, 0.2) is 42.5 Å². The summed E-state index contributed by atoms with van der Waals surface area (Å²) in [7, 11) is 0. The van der Waals surface area contributed by atoms with E-state index in [2.05, 4.69) is 6.07 Å². The molecule has 0 spiro atoms. The van der Waals surface area contributed by atoms with Crippen molar-refractivity contribution in [3.8, 4) is 11.8 Å². The molecule has 0 aliphatic rings. The van der Waals surface area contributed by atoms with Gasteiger partial charge in [0.2, 0.25) is 0 Å². The number of nitriles is 1. The second kappa shape index (κ2) is 6.42. The molecule has 0 aromatic heterocycles. The number of nitrogens with zero attached hydrogens (tertiary/aromatic N) is 1. The molecule has 1 N–H and O–H groups in total. The van der Waals surface area contributed by atoms with Gasteiger partial charge in [0.15, 0.2) is 0 Å². The largest absolute Gasteiger partial charge is 0.487 e. The topological polar surface area (TPSA) is 53.2 Å². The molecule has 4 heteroatoms. The molecule has 0 saturated heterocycles. The summed E-state index contributed by atoms with van der Waals surface area (Å²) in [5, 5.41) is 18.8. The van der Waals surface area contributed by atoms with Crippen molar-refractivity contribution < 1.29 is 9.84 Å². The smallest absolute Gasteiger partial charge is 0.138 e. The second-order valence-corrected chi connectivity index (χ2v) is 4.87. The molecule has 0 saturated carbocycles. The Morgan fingerprint density at radius 3 is 2.75 bits per heavy atom. The Morgan fingerprint density at radius 2 is 2.10 bits per heavy atom. The maximum absolute atomic E-state index is 9.47. The van der Waals surface area contributed by atoms with E-state index < -0.39 is 6.10 Å². The molecule has 1 atom stereocenters. The van der Waals surface area contributed by atoms with E-state index in [-0.39, 0.29) is 0 Å². The molecule has 0 aliphatic carbocycles. The van der Waals surface area contributed by atoms with E-state index in [0.717, 1.165) is 11.1 Å². The summed E-state index contributed by atoms with van der Waals surface area (Å²) in [5.41, 5.74) is 2.25. The first-order chi connectivity index (χ1) is 9.60. The fourth-order valence-electron chi connectivity index (χ4n) is 1.79. The van der Waals surface area contributed by atoms with Gasteiger partial charge in [0.25, 0.3) is 0 Å². The monoisotopic (exact) mass is 287 g/mol. The van der Waals surface area contributed by atoms with Crippen LogP contribution in [-0.2, 0) is 6.61 Å². The minimum Gasteiger partial charge on any atom is -0.487 e. The van der Waals surface area contributed by atoms with E-state index in [9.17, 15) is 5.11 Å². The molecule has 2 aromatic carbocycles. The molecule has 2 rings (SSSR count). The Morgan fingerprint density at radius 1 is 1.30 bits per heavy atom. The molecule has 0 fully saturated rings. The van der Waals surface area contributed by atoms with E-state index in [1.807, 2.05) is 12.1 Å². The van der Waals surface area contributed by atoms with Crippen LogP contribution in [0.2, 0.25) is 5.02 Å². The lowest BCUT2D eigenvalue weighted by atomic mass is 10.1. The Labute approximate surface area is 123 Å². The predicted molar refractivity (Wildman–Crippen MR) is 77.6 cm³/mol. The van der Waals surface area contributed by atoms with Crippen molar-refractivity contribution in [3.05, 3.63) is 64.2 Å². The third-order valence-corrected chi connectivity index (χ3v) is 3.18. The Balaban J connectivity index is 2.09. The lowest BCUT2D eigenvalue weighted by Crippen LogP contribution is -1.98. The first kappa shape index (κ1) is 14.4. The molecule has 20 heavy (non-hydrogen) atoms. The summed E-state index contributed by atoms with van der Waals surface area (Å²) < 4.78 is 5.63. The van der Waals surface area contributed by atoms with Crippen molar-refractivity contribution in [2.75, 3.05) is 0 Å². The van der Waals surface area contributed by atoms with Gasteiger partial charge >= 0.3 is 0 Å². The Kier molecular flexibility index (Phi) is 4.62. The highest BCUT2D eigenvalue weighted by Crippen LogP contribution is 2.28.